The molecule has 0 fully saturated rings. The maximum Gasteiger partial charge on any atom is 0.306 e. The molecule has 0 aliphatic rings. The van der Waals surface area contributed by atoms with Gasteiger partial charge in [0.05, 0.1) is 13.2 Å². The highest BCUT2D eigenvalue weighted by molar-refractivity contribution is 5.69. The number of rotatable bonds is 36. The summed E-state index contributed by atoms with van der Waals surface area (Å²) in [6, 6.07) is 0. The van der Waals surface area contributed by atoms with E-state index in [0.29, 0.717) is 32.0 Å². The predicted octanol–water partition coefficient (Wildman–Crippen LogP) is 13.2. The van der Waals surface area contributed by atoms with E-state index in [4.69, 9.17) is 9.47 Å². The number of carbonyl (C=O) groups excluding carboxylic acids is 2. The Balaban J connectivity index is 3.68. The topological polar surface area (TPSA) is 52.6 Å². The standard InChI is InChI=1S/C40H78O4/c1-4-7-10-13-23-27-32-38(33-28-24-14-11-8-5-2)37-40(42)44-36-31-26-21-19-17-15-16-18-20-25-30-35-43-39(41)34-29-22-12-9-6-3/h38H,4-37H2,1-3H3. The highest BCUT2D eigenvalue weighted by Gasteiger charge is 2.15. The average molecular weight is 623 g/mol. The maximum atomic E-state index is 12.6. The zero-order valence-corrected chi connectivity index (χ0v) is 30.3. The second-order valence-electron chi connectivity index (χ2n) is 13.7. The van der Waals surface area contributed by atoms with E-state index < -0.39 is 0 Å². The summed E-state index contributed by atoms with van der Waals surface area (Å²) < 4.78 is 11.0. The maximum absolute atomic E-state index is 12.6. The van der Waals surface area contributed by atoms with Crippen molar-refractivity contribution in [3.05, 3.63) is 0 Å². The van der Waals surface area contributed by atoms with Gasteiger partial charge in [0.25, 0.3) is 0 Å². The van der Waals surface area contributed by atoms with Crippen molar-refractivity contribution in [1.29, 1.82) is 0 Å². The average Bonchev–Trinajstić information content (AvgIpc) is 3.02. The van der Waals surface area contributed by atoms with Crippen molar-refractivity contribution in [1.82, 2.24) is 0 Å². The van der Waals surface area contributed by atoms with Crippen LogP contribution in [0.5, 0.6) is 0 Å². The summed E-state index contributed by atoms with van der Waals surface area (Å²) in [5.74, 6) is 0.557. The molecule has 0 aliphatic heterocycles. The third kappa shape index (κ3) is 33.8. The summed E-state index contributed by atoms with van der Waals surface area (Å²) in [7, 11) is 0. The number of ether oxygens (including phenoxy) is 2. The van der Waals surface area contributed by atoms with Gasteiger partial charge in [0.15, 0.2) is 0 Å². The van der Waals surface area contributed by atoms with Crippen LogP contribution in [0.15, 0.2) is 0 Å². The van der Waals surface area contributed by atoms with Crippen LogP contribution >= 0.6 is 0 Å². The molecular formula is C40H78O4. The highest BCUT2D eigenvalue weighted by Crippen LogP contribution is 2.23. The Bertz CT molecular complexity index is 574. The lowest BCUT2D eigenvalue weighted by Gasteiger charge is -2.16. The van der Waals surface area contributed by atoms with Crippen molar-refractivity contribution in [3.8, 4) is 0 Å². The van der Waals surface area contributed by atoms with Gasteiger partial charge in [-0.25, -0.2) is 0 Å². The molecule has 0 N–H and O–H groups in total. The fourth-order valence-electron chi connectivity index (χ4n) is 6.18. The summed E-state index contributed by atoms with van der Waals surface area (Å²) in [4.78, 5) is 24.3. The molecule has 4 heteroatoms. The first kappa shape index (κ1) is 42.9. The molecule has 0 saturated carbocycles. The summed E-state index contributed by atoms with van der Waals surface area (Å²) in [5, 5.41) is 0. The van der Waals surface area contributed by atoms with Gasteiger partial charge in [0.1, 0.15) is 0 Å². The molecule has 0 spiro atoms. The number of hydrogen-bond acceptors (Lipinski definition) is 4. The Morgan fingerprint density at radius 2 is 0.705 bits per heavy atom. The van der Waals surface area contributed by atoms with Gasteiger partial charge in [-0.3, -0.25) is 9.59 Å². The lowest BCUT2D eigenvalue weighted by Crippen LogP contribution is -2.13. The van der Waals surface area contributed by atoms with Gasteiger partial charge >= 0.3 is 11.9 Å². The van der Waals surface area contributed by atoms with E-state index in [2.05, 4.69) is 20.8 Å². The lowest BCUT2D eigenvalue weighted by atomic mass is 9.91. The molecule has 0 radical (unpaired) electrons. The molecule has 0 aromatic heterocycles. The van der Waals surface area contributed by atoms with E-state index in [1.807, 2.05) is 0 Å². The van der Waals surface area contributed by atoms with Gasteiger partial charge < -0.3 is 9.47 Å². The van der Waals surface area contributed by atoms with Crippen LogP contribution in [0.1, 0.15) is 226 Å². The third-order valence-corrected chi connectivity index (χ3v) is 9.19. The smallest absolute Gasteiger partial charge is 0.306 e. The molecule has 0 aliphatic carbocycles. The summed E-state index contributed by atoms with van der Waals surface area (Å²) in [6.45, 7) is 7.96. The molecule has 0 heterocycles. The fraction of sp³-hybridized carbons (Fsp3) is 0.950. The van der Waals surface area contributed by atoms with Gasteiger partial charge in [0, 0.05) is 12.8 Å². The Hall–Kier alpha value is -1.06. The Morgan fingerprint density at radius 1 is 0.386 bits per heavy atom. The third-order valence-electron chi connectivity index (χ3n) is 9.19. The molecule has 0 atom stereocenters. The second-order valence-corrected chi connectivity index (χ2v) is 13.7. The fourth-order valence-corrected chi connectivity index (χ4v) is 6.18. The molecule has 0 rings (SSSR count). The number of carbonyl (C=O) groups is 2. The molecule has 262 valence electrons. The molecule has 0 amide bonds. The second kappa shape index (κ2) is 36.4. The Kier molecular flexibility index (Phi) is 35.5. The molecule has 0 unspecified atom stereocenters. The monoisotopic (exact) mass is 623 g/mol. The van der Waals surface area contributed by atoms with Crippen molar-refractivity contribution in [2.24, 2.45) is 5.92 Å². The van der Waals surface area contributed by atoms with E-state index in [0.717, 1.165) is 25.7 Å². The van der Waals surface area contributed by atoms with Crippen molar-refractivity contribution in [2.45, 2.75) is 226 Å². The SMILES string of the molecule is CCCCCCCCC(CCCCCCCC)CC(=O)OCCCCCCCCCCCCCOC(=O)CCCCCCC. The van der Waals surface area contributed by atoms with E-state index in [1.165, 1.54) is 167 Å². The van der Waals surface area contributed by atoms with Crippen molar-refractivity contribution in [2.75, 3.05) is 13.2 Å². The zero-order chi connectivity index (χ0) is 32.2. The Labute approximate surface area is 276 Å². The van der Waals surface area contributed by atoms with Gasteiger partial charge in [-0.05, 0) is 38.0 Å². The first-order valence-electron chi connectivity index (χ1n) is 19.9. The predicted molar refractivity (Wildman–Crippen MR) is 190 cm³/mol. The largest absolute Gasteiger partial charge is 0.466 e. The summed E-state index contributed by atoms with van der Waals surface area (Å²) in [5.41, 5.74) is 0. The molecule has 4 nitrogen and oxygen atoms in total. The molecule has 0 saturated heterocycles. The van der Waals surface area contributed by atoms with Crippen molar-refractivity contribution >= 4 is 11.9 Å². The molecule has 0 bridgehead atoms. The number of unbranched alkanes of at least 4 members (excludes halogenated alkanes) is 24. The van der Waals surface area contributed by atoms with Crippen LogP contribution in [0.25, 0.3) is 0 Å². The summed E-state index contributed by atoms with van der Waals surface area (Å²) >= 11 is 0. The van der Waals surface area contributed by atoms with E-state index in [9.17, 15) is 9.59 Å². The van der Waals surface area contributed by atoms with Crippen LogP contribution in [0.3, 0.4) is 0 Å². The van der Waals surface area contributed by atoms with Crippen LogP contribution in [0.4, 0.5) is 0 Å². The highest BCUT2D eigenvalue weighted by atomic mass is 16.5. The van der Waals surface area contributed by atoms with Gasteiger partial charge in [0.2, 0.25) is 0 Å². The van der Waals surface area contributed by atoms with Crippen LogP contribution in [0.2, 0.25) is 0 Å². The minimum absolute atomic E-state index is 0.00842. The number of hydrogen-bond donors (Lipinski definition) is 0. The van der Waals surface area contributed by atoms with Crippen molar-refractivity contribution < 1.29 is 19.1 Å². The molecular weight excluding hydrogens is 544 g/mol. The van der Waals surface area contributed by atoms with E-state index in [-0.39, 0.29) is 11.9 Å². The van der Waals surface area contributed by atoms with Crippen LogP contribution in [-0.2, 0) is 19.1 Å². The van der Waals surface area contributed by atoms with Gasteiger partial charge in [-0.1, -0.05) is 181 Å². The molecule has 0 aromatic carbocycles. The Morgan fingerprint density at radius 3 is 1.11 bits per heavy atom. The van der Waals surface area contributed by atoms with Crippen LogP contribution < -0.4 is 0 Å². The molecule has 44 heavy (non-hydrogen) atoms. The summed E-state index contributed by atoms with van der Waals surface area (Å²) in [6.07, 6.45) is 38.8. The van der Waals surface area contributed by atoms with Crippen LogP contribution in [0, 0.1) is 5.92 Å². The lowest BCUT2D eigenvalue weighted by molar-refractivity contribution is -0.145. The van der Waals surface area contributed by atoms with E-state index >= 15 is 0 Å². The van der Waals surface area contributed by atoms with Crippen molar-refractivity contribution in [3.63, 3.8) is 0 Å². The first-order chi connectivity index (χ1) is 21.6. The normalized spacial score (nSPS) is 11.4. The van der Waals surface area contributed by atoms with Gasteiger partial charge in [-0.15, -0.1) is 0 Å². The first-order valence-corrected chi connectivity index (χ1v) is 19.9. The number of esters is 2. The zero-order valence-electron chi connectivity index (χ0n) is 30.3. The van der Waals surface area contributed by atoms with E-state index in [1.54, 1.807) is 0 Å². The molecule has 0 aromatic rings. The minimum atomic E-state index is -0.00842. The quantitative estimate of drug-likeness (QED) is 0.0515. The van der Waals surface area contributed by atoms with Crippen LogP contribution in [-0.4, -0.2) is 25.2 Å². The minimum Gasteiger partial charge on any atom is -0.466 e. The van der Waals surface area contributed by atoms with Gasteiger partial charge in [-0.2, -0.15) is 0 Å².